The molecule has 0 saturated heterocycles. The van der Waals surface area contributed by atoms with Gasteiger partial charge in [0.05, 0.1) is 10.4 Å². The van der Waals surface area contributed by atoms with Crippen LogP contribution < -0.4 is 5.56 Å². The highest BCUT2D eigenvalue weighted by Crippen LogP contribution is 2.24. The number of ketones is 1. The maximum absolute atomic E-state index is 12.6. The van der Waals surface area contributed by atoms with Crippen LogP contribution >= 0.6 is 11.3 Å². The number of fused-ring (bicyclic) bond motifs is 3. The quantitative estimate of drug-likeness (QED) is 0.740. The second kappa shape index (κ2) is 4.70. The lowest BCUT2D eigenvalue weighted by Gasteiger charge is -2.10. The van der Waals surface area contributed by atoms with Gasteiger partial charge in [-0.3, -0.25) is 14.0 Å². The number of pyridine rings is 1. The molecule has 1 aliphatic rings. The smallest absolute Gasteiger partial charge is 0.256 e. The molecule has 0 aliphatic heterocycles. The summed E-state index contributed by atoms with van der Waals surface area (Å²) in [7, 11) is 0. The summed E-state index contributed by atoms with van der Waals surface area (Å²) in [6.45, 7) is 0. The first-order valence-electron chi connectivity index (χ1n) is 7.09. The number of hydrogen-bond acceptors (Lipinski definition) is 3. The number of H-pyrrole nitrogens is 1. The SMILES string of the molecule is O=C(c1cccs1)c1ccc(=O)n2c3c([nH]c12)CCCC3. The molecule has 4 nitrogen and oxygen atoms in total. The van der Waals surface area contributed by atoms with E-state index >= 15 is 0 Å². The summed E-state index contributed by atoms with van der Waals surface area (Å²) in [5.74, 6) is -0.0268. The van der Waals surface area contributed by atoms with E-state index in [-0.39, 0.29) is 11.3 Å². The summed E-state index contributed by atoms with van der Waals surface area (Å²) < 4.78 is 1.69. The Kier molecular flexibility index (Phi) is 2.82. The minimum atomic E-state index is -0.0628. The summed E-state index contributed by atoms with van der Waals surface area (Å²) in [5.41, 5.74) is 3.30. The van der Waals surface area contributed by atoms with Gasteiger partial charge in [0.1, 0.15) is 5.65 Å². The van der Waals surface area contributed by atoms with E-state index in [1.165, 1.54) is 17.4 Å². The van der Waals surface area contributed by atoms with Gasteiger partial charge in [0.25, 0.3) is 5.56 Å². The molecule has 0 saturated carbocycles. The molecule has 5 heteroatoms. The van der Waals surface area contributed by atoms with Gasteiger partial charge in [0, 0.05) is 17.5 Å². The zero-order chi connectivity index (χ0) is 14.4. The van der Waals surface area contributed by atoms with Crippen LogP contribution in [-0.4, -0.2) is 15.2 Å². The van der Waals surface area contributed by atoms with Gasteiger partial charge in [-0.2, -0.15) is 0 Å². The van der Waals surface area contributed by atoms with Gasteiger partial charge >= 0.3 is 0 Å². The first kappa shape index (κ1) is 12.6. The van der Waals surface area contributed by atoms with E-state index in [4.69, 9.17) is 0 Å². The van der Waals surface area contributed by atoms with Gasteiger partial charge < -0.3 is 4.98 Å². The van der Waals surface area contributed by atoms with Gasteiger partial charge in [-0.15, -0.1) is 11.3 Å². The van der Waals surface area contributed by atoms with Gasteiger partial charge in [-0.25, -0.2) is 0 Å². The van der Waals surface area contributed by atoms with Crippen molar-refractivity contribution in [1.29, 1.82) is 0 Å². The number of carbonyl (C=O) groups excluding carboxylic acids is 1. The van der Waals surface area contributed by atoms with Crippen molar-refractivity contribution in [3.8, 4) is 0 Å². The highest BCUT2D eigenvalue weighted by Gasteiger charge is 2.21. The summed E-state index contributed by atoms with van der Waals surface area (Å²) in [6, 6.07) is 6.82. The molecular formula is C16H14N2O2S. The van der Waals surface area contributed by atoms with Gasteiger partial charge in [0.2, 0.25) is 5.78 Å². The molecule has 0 fully saturated rings. The third-order valence-electron chi connectivity index (χ3n) is 4.06. The van der Waals surface area contributed by atoms with E-state index < -0.39 is 0 Å². The molecule has 0 aromatic carbocycles. The number of hydrogen-bond donors (Lipinski definition) is 1. The van der Waals surface area contributed by atoms with E-state index in [0.717, 1.165) is 37.1 Å². The van der Waals surface area contributed by atoms with Gasteiger partial charge in [0.15, 0.2) is 0 Å². The van der Waals surface area contributed by atoms with Crippen LogP contribution in [0.2, 0.25) is 0 Å². The van der Waals surface area contributed by atoms with Crippen molar-refractivity contribution in [1.82, 2.24) is 9.38 Å². The highest BCUT2D eigenvalue weighted by atomic mass is 32.1. The molecule has 0 bridgehead atoms. The largest absolute Gasteiger partial charge is 0.343 e. The zero-order valence-corrected chi connectivity index (χ0v) is 12.2. The molecule has 3 aromatic heterocycles. The molecule has 0 atom stereocenters. The van der Waals surface area contributed by atoms with Crippen LogP contribution in [-0.2, 0) is 12.8 Å². The van der Waals surface area contributed by atoms with Crippen molar-refractivity contribution in [3.05, 3.63) is 61.8 Å². The monoisotopic (exact) mass is 298 g/mol. The lowest BCUT2D eigenvalue weighted by Crippen LogP contribution is -2.17. The standard InChI is InChI=1S/C16H14N2O2S/c19-14-8-7-10(15(20)13-6-3-9-21-13)16-17-11-4-1-2-5-12(11)18(14)16/h3,6-9,17H,1-2,4-5H2. The van der Waals surface area contributed by atoms with Crippen LogP contribution in [0.3, 0.4) is 0 Å². The summed E-state index contributed by atoms with van der Waals surface area (Å²) >= 11 is 1.42. The molecule has 0 spiro atoms. The fraction of sp³-hybridized carbons (Fsp3) is 0.250. The maximum Gasteiger partial charge on any atom is 0.256 e. The van der Waals surface area contributed by atoms with E-state index in [2.05, 4.69) is 4.98 Å². The van der Waals surface area contributed by atoms with Crippen LogP contribution in [0.5, 0.6) is 0 Å². The number of aromatic amines is 1. The maximum atomic E-state index is 12.6. The topological polar surface area (TPSA) is 54.3 Å². The van der Waals surface area contributed by atoms with Crippen LogP contribution in [0, 0.1) is 0 Å². The first-order chi connectivity index (χ1) is 10.3. The van der Waals surface area contributed by atoms with E-state index in [1.807, 2.05) is 17.5 Å². The fourth-order valence-electron chi connectivity index (χ4n) is 3.07. The molecule has 3 heterocycles. The van der Waals surface area contributed by atoms with E-state index in [1.54, 1.807) is 10.5 Å². The Morgan fingerprint density at radius 3 is 2.86 bits per heavy atom. The van der Waals surface area contributed by atoms with E-state index in [0.29, 0.717) is 16.1 Å². The van der Waals surface area contributed by atoms with Crippen molar-refractivity contribution in [3.63, 3.8) is 0 Å². The number of carbonyl (C=O) groups is 1. The molecule has 0 amide bonds. The van der Waals surface area contributed by atoms with Gasteiger partial charge in [-0.05, 0) is 43.2 Å². The van der Waals surface area contributed by atoms with Gasteiger partial charge in [-0.1, -0.05) is 6.07 Å². The van der Waals surface area contributed by atoms with Crippen LogP contribution in [0.15, 0.2) is 34.4 Å². The van der Waals surface area contributed by atoms with Crippen molar-refractivity contribution in [2.75, 3.05) is 0 Å². The molecule has 21 heavy (non-hydrogen) atoms. The normalized spacial score (nSPS) is 14.3. The summed E-state index contributed by atoms with van der Waals surface area (Å²) in [5, 5.41) is 1.89. The Hall–Kier alpha value is -2.14. The molecule has 0 unspecified atom stereocenters. The third-order valence-corrected chi connectivity index (χ3v) is 4.93. The number of thiophene rings is 1. The number of rotatable bonds is 2. The highest BCUT2D eigenvalue weighted by molar-refractivity contribution is 7.12. The first-order valence-corrected chi connectivity index (χ1v) is 7.97. The number of imidazole rings is 1. The predicted molar refractivity (Wildman–Crippen MR) is 82.4 cm³/mol. The molecule has 1 aliphatic carbocycles. The minimum absolute atomic E-state index is 0.0268. The van der Waals surface area contributed by atoms with Crippen molar-refractivity contribution in [2.24, 2.45) is 0 Å². The lowest BCUT2D eigenvalue weighted by atomic mass is 10.0. The number of nitrogens with one attached hydrogen (secondary N) is 1. The number of aromatic nitrogens is 2. The summed E-state index contributed by atoms with van der Waals surface area (Å²) in [4.78, 5) is 28.8. The molecule has 3 aromatic rings. The molecule has 0 radical (unpaired) electrons. The Bertz CT molecular complexity index is 887. The Morgan fingerprint density at radius 2 is 2.05 bits per heavy atom. The summed E-state index contributed by atoms with van der Waals surface area (Å²) in [6.07, 6.45) is 4.06. The zero-order valence-electron chi connectivity index (χ0n) is 11.4. The fourth-order valence-corrected chi connectivity index (χ4v) is 3.75. The number of nitrogens with zero attached hydrogens (tertiary/aromatic N) is 1. The minimum Gasteiger partial charge on any atom is -0.343 e. The average molecular weight is 298 g/mol. The lowest BCUT2D eigenvalue weighted by molar-refractivity contribution is 0.104. The predicted octanol–water partition coefficient (Wildman–Crippen LogP) is 2.80. The molecule has 4 rings (SSSR count). The van der Waals surface area contributed by atoms with Crippen molar-refractivity contribution in [2.45, 2.75) is 25.7 Å². The average Bonchev–Trinajstić information content (AvgIpc) is 3.15. The second-order valence-electron chi connectivity index (χ2n) is 5.33. The number of aryl methyl sites for hydroxylation is 2. The Labute approximate surface area is 125 Å². The van der Waals surface area contributed by atoms with E-state index in [9.17, 15) is 9.59 Å². The van der Waals surface area contributed by atoms with Crippen molar-refractivity contribution >= 4 is 22.8 Å². The van der Waals surface area contributed by atoms with Crippen LogP contribution in [0.4, 0.5) is 0 Å². The Morgan fingerprint density at radius 1 is 1.19 bits per heavy atom. The second-order valence-corrected chi connectivity index (χ2v) is 6.28. The molecule has 106 valence electrons. The van der Waals surface area contributed by atoms with Crippen molar-refractivity contribution < 1.29 is 4.79 Å². The Balaban J connectivity index is 1.99. The van der Waals surface area contributed by atoms with Crippen LogP contribution in [0.1, 0.15) is 39.5 Å². The third kappa shape index (κ3) is 1.88. The molecular weight excluding hydrogens is 284 g/mol. The molecule has 1 N–H and O–H groups in total. The van der Waals surface area contributed by atoms with Crippen LogP contribution in [0.25, 0.3) is 5.65 Å².